The standard InChI is InChI=1S/C26H19Br2ClN2O4/c1-14-3-5-16(6-4-14)13-35-23-21(28)11-17(12-22(23)29)10-19-24(32)30-26(34)31(25(19)33)18-7-8-20(27)15(2)9-18/h3-12H,13H2,1-2H3,(H,30,32,34)/b19-10+. The topological polar surface area (TPSA) is 75.7 Å². The van der Waals surface area contributed by atoms with Gasteiger partial charge in [-0.3, -0.25) is 14.9 Å². The molecule has 0 unspecified atom stereocenters. The zero-order valence-electron chi connectivity index (χ0n) is 18.7. The number of rotatable bonds is 5. The van der Waals surface area contributed by atoms with Crippen LogP contribution >= 0.6 is 43.5 Å². The maximum absolute atomic E-state index is 13.2. The van der Waals surface area contributed by atoms with Crippen LogP contribution in [-0.2, 0) is 16.2 Å². The average molecular weight is 619 g/mol. The van der Waals surface area contributed by atoms with Crippen molar-refractivity contribution in [2.45, 2.75) is 20.5 Å². The van der Waals surface area contributed by atoms with Crippen molar-refractivity contribution in [1.82, 2.24) is 5.32 Å². The molecule has 1 heterocycles. The van der Waals surface area contributed by atoms with Crippen molar-refractivity contribution in [3.8, 4) is 5.75 Å². The first-order valence-electron chi connectivity index (χ1n) is 10.5. The fourth-order valence-electron chi connectivity index (χ4n) is 3.47. The summed E-state index contributed by atoms with van der Waals surface area (Å²) in [6, 6.07) is 15.5. The number of nitrogens with one attached hydrogen (secondary N) is 1. The number of hydrogen-bond donors (Lipinski definition) is 1. The lowest BCUT2D eigenvalue weighted by atomic mass is 10.1. The fourth-order valence-corrected chi connectivity index (χ4v) is 4.70. The van der Waals surface area contributed by atoms with Crippen LogP contribution in [0.5, 0.6) is 5.75 Å². The Bertz CT molecular complexity index is 1360. The van der Waals surface area contributed by atoms with Gasteiger partial charge in [-0.15, -0.1) is 0 Å². The summed E-state index contributed by atoms with van der Waals surface area (Å²) in [5.41, 5.74) is 3.63. The van der Waals surface area contributed by atoms with Crippen LogP contribution in [-0.4, -0.2) is 17.8 Å². The summed E-state index contributed by atoms with van der Waals surface area (Å²) < 4.78 is 7.28. The minimum absolute atomic E-state index is 0.193. The molecular formula is C26H19Br2ClN2O4. The Kier molecular flexibility index (Phi) is 7.44. The molecule has 1 fully saturated rings. The van der Waals surface area contributed by atoms with E-state index in [1.807, 2.05) is 38.1 Å². The molecule has 4 amide bonds. The van der Waals surface area contributed by atoms with Gasteiger partial charge in [0.1, 0.15) is 12.2 Å². The minimum atomic E-state index is -0.807. The molecule has 178 valence electrons. The highest BCUT2D eigenvalue weighted by Crippen LogP contribution is 2.36. The molecule has 0 aromatic heterocycles. The number of imide groups is 2. The molecule has 3 aromatic carbocycles. The predicted octanol–water partition coefficient (Wildman–Crippen LogP) is 6.73. The zero-order chi connectivity index (χ0) is 25.3. The number of anilines is 1. The largest absolute Gasteiger partial charge is 0.486 e. The Hall–Kier alpha value is -2.94. The zero-order valence-corrected chi connectivity index (χ0v) is 22.6. The molecule has 1 saturated heterocycles. The van der Waals surface area contributed by atoms with Gasteiger partial charge in [-0.25, -0.2) is 9.69 Å². The molecule has 0 bridgehead atoms. The van der Waals surface area contributed by atoms with E-state index in [0.717, 1.165) is 26.1 Å². The number of halogens is 3. The van der Waals surface area contributed by atoms with Crippen LogP contribution in [0.1, 0.15) is 22.3 Å². The lowest BCUT2D eigenvalue weighted by molar-refractivity contribution is -0.122. The van der Waals surface area contributed by atoms with E-state index in [1.165, 1.54) is 6.08 Å². The molecule has 1 aliphatic heterocycles. The monoisotopic (exact) mass is 616 g/mol. The van der Waals surface area contributed by atoms with Gasteiger partial charge in [0, 0.05) is 4.47 Å². The lowest BCUT2D eigenvalue weighted by Crippen LogP contribution is -2.54. The van der Waals surface area contributed by atoms with Crippen LogP contribution < -0.4 is 15.0 Å². The van der Waals surface area contributed by atoms with Crippen molar-refractivity contribution in [1.29, 1.82) is 0 Å². The second kappa shape index (κ2) is 10.4. The van der Waals surface area contributed by atoms with Crippen LogP contribution in [0.2, 0.25) is 5.02 Å². The number of ether oxygens (including phenoxy) is 1. The summed E-state index contributed by atoms with van der Waals surface area (Å²) in [5, 5.41) is 2.53. The summed E-state index contributed by atoms with van der Waals surface area (Å²) in [7, 11) is 0. The first-order valence-corrected chi connectivity index (χ1v) is 12.5. The van der Waals surface area contributed by atoms with Gasteiger partial charge in [-0.1, -0.05) is 57.4 Å². The lowest BCUT2D eigenvalue weighted by Gasteiger charge is -2.26. The van der Waals surface area contributed by atoms with E-state index in [4.69, 9.17) is 16.3 Å². The van der Waals surface area contributed by atoms with Gasteiger partial charge < -0.3 is 4.74 Å². The quantitative estimate of drug-likeness (QED) is 0.254. The predicted molar refractivity (Wildman–Crippen MR) is 143 cm³/mol. The second-order valence-electron chi connectivity index (χ2n) is 7.98. The molecule has 0 radical (unpaired) electrons. The number of carbonyl (C=O) groups excluding carboxylic acids is 3. The highest BCUT2D eigenvalue weighted by molar-refractivity contribution is 9.10. The Morgan fingerprint density at radius 3 is 2.34 bits per heavy atom. The maximum atomic E-state index is 13.2. The summed E-state index contributed by atoms with van der Waals surface area (Å²) in [6.45, 7) is 4.17. The number of hydrogen-bond acceptors (Lipinski definition) is 4. The van der Waals surface area contributed by atoms with Crippen molar-refractivity contribution in [3.05, 3.63) is 96.4 Å². The van der Waals surface area contributed by atoms with Crippen LogP contribution in [0, 0.1) is 13.8 Å². The number of nitrogens with zero attached hydrogens (tertiary/aromatic N) is 1. The van der Waals surface area contributed by atoms with Gasteiger partial charge >= 0.3 is 6.03 Å². The Labute approximate surface area is 224 Å². The Morgan fingerprint density at radius 1 is 0.971 bits per heavy atom. The molecule has 35 heavy (non-hydrogen) atoms. The summed E-state index contributed by atoms with van der Waals surface area (Å²) >= 11 is 13.3. The van der Waals surface area contributed by atoms with Gasteiger partial charge in [0.25, 0.3) is 11.8 Å². The van der Waals surface area contributed by atoms with E-state index in [2.05, 4.69) is 37.2 Å². The first-order chi connectivity index (χ1) is 16.6. The van der Waals surface area contributed by atoms with E-state index in [1.54, 1.807) is 30.3 Å². The van der Waals surface area contributed by atoms with Crippen LogP contribution in [0.4, 0.5) is 10.5 Å². The molecule has 0 spiro atoms. The molecule has 4 rings (SSSR count). The molecule has 9 heteroatoms. The number of barbiturate groups is 1. The number of amides is 4. The van der Waals surface area contributed by atoms with Gasteiger partial charge in [-0.05, 0) is 82.9 Å². The molecule has 6 nitrogen and oxygen atoms in total. The Morgan fingerprint density at radius 2 is 1.69 bits per heavy atom. The average Bonchev–Trinajstić information content (AvgIpc) is 2.79. The van der Waals surface area contributed by atoms with Crippen LogP contribution in [0.3, 0.4) is 0 Å². The third kappa shape index (κ3) is 5.50. The van der Waals surface area contributed by atoms with Gasteiger partial charge in [0.2, 0.25) is 0 Å². The maximum Gasteiger partial charge on any atom is 0.335 e. The minimum Gasteiger partial charge on any atom is -0.486 e. The third-order valence-electron chi connectivity index (χ3n) is 5.34. The molecular weight excluding hydrogens is 600 g/mol. The number of urea groups is 1. The molecule has 0 aliphatic carbocycles. The Balaban J connectivity index is 1.61. The van der Waals surface area contributed by atoms with Crippen LogP contribution in [0.15, 0.2) is 69.1 Å². The molecule has 3 aromatic rings. The van der Waals surface area contributed by atoms with Gasteiger partial charge in [0.05, 0.1) is 15.2 Å². The van der Waals surface area contributed by atoms with E-state index in [0.29, 0.717) is 33.1 Å². The van der Waals surface area contributed by atoms with Crippen LogP contribution in [0.25, 0.3) is 6.08 Å². The SMILES string of the molecule is Cc1ccc(COc2c(Cl)cc(/C=C3\C(=O)NC(=O)N(c4ccc(Br)c(C)c4)C3=O)cc2Br)cc1. The number of carbonyl (C=O) groups is 3. The summed E-state index contributed by atoms with van der Waals surface area (Å²) in [5.74, 6) is -1.07. The molecule has 1 N–H and O–H groups in total. The number of benzene rings is 3. The first kappa shape index (κ1) is 25.2. The summed E-state index contributed by atoms with van der Waals surface area (Å²) in [4.78, 5) is 39.1. The second-order valence-corrected chi connectivity index (χ2v) is 10.1. The highest BCUT2D eigenvalue weighted by atomic mass is 79.9. The fraction of sp³-hybridized carbons (Fsp3) is 0.115. The van der Waals surface area contributed by atoms with Gasteiger partial charge in [0.15, 0.2) is 5.75 Å². The van der Waals surface area contributed by atoms with E-state index in [9.17, 15) is 14.4 Å². The summed E-state index contributed by atoms with van der Waals surface area (Å²) in [6.07, 6.45) is 1.39. The van der Waals surface area contributed by atoms with Crippen molar-refractivity contribution in [3.63, 3.8) is 0 Å². The molecule has 0 saturated carbocycles. The van der Waals surface area contributed by atoms with E-state index in [-0.39, 0.29) is 5.57 Å². The third-order valence-corrected chi connectivity index (χ3v) is 7.10. The van der Waals surface area contributed by atoms with Crippen molar-refractivity contribution < 1.29 is 19.1 Å². The van der Waals surface area contributed by atoms with E-state index < -0.39 is 17.8 Å². The number of aryl methyl sites for hydroxylation is 2. The van der Waals surface area contributed by atoms with Crippen molar-refractivity contribution in [2.75, 3.05) is 4.90 Å². The van der Waals surface area contributed by atoms with Crippen molar-refractivity contribution >= 4 is 73.1 Å². The highest BCUT2D eigenvalue weighted by Gasteiger charge is 2.37. The molecule has 1 aliphatic rings. The van der Waals surface area contributed by atoms with Gasteiger partial charge in [-0.2, -0.15) is 0 Å². The van der Waals surface area contributed by atoms with Crippen molar-refractivity contribution in [2.24, 2.45) is 0 Å². The smallest absolute Gasteiger partial charge is 0.335 e. The molecule has 0 atom stereocenters. The normalized spacial score (nSPS) is 14.9. The van der Waals surface area contributed by atoms with E-state index >= 15 is 0 Å².